The van der Waals surface area contributed by atoms with Gasteiger partial charge >= 0.3 is 7.12 Å². The summed E-state index contributed by atoms with van der Waals surface area (Å²) in [6.07, 6.45) is 0.583. The predicted octanol–water partition coefficient (Wildman–Crippen LogP) is 3.75. The molecule has 0 unspecified atom stereocenters. The van der Waals surface area contributed by atoms with Crippen molar-refractivity contribution in [1.82, 2.24) is 0 Å². The maximum atomic E-state index is 11.0. The Morgan fingerprint density at radius 1 is 0.257 bits per heavy atom. The van der Waals surface area contributed by atoms with Gasteiger partial charge in [0.25, 0.3) is 0 Å². The largest absolute Gasteiger partial charge is 0.499 e. The Labute approximate surface area is 932 Å². The van der Waals surface area contributed by atoms with E-state index in [1.54, 1.807) is 113 Å². The average molecular weight is 3340 g/mol. The highest BCUT2D eigenvalue weighted by Gasteiger charge is 2.18. The van der Waals surface area contributed by atoms with E-state index in [1.807, 2.05) is 685 Å². The summed E-state index contributed by atoms with van der Waals surface area (Å²) in [5.41, 5.74) is 1.15. The average Bonchev–Trinajstić information content (AvgIpc) is 1.68. The lowest BCUT2D eigenvalue weighted by molar-refractivity contribution is -0.110. The minimum absolute atomic E-state index is 0.248. The number of carbonyl (C=O) groups is 1. The maximum absolute atomic E-state index is 11.0. The molecular weight excluding hydrogens is 3330 g/mol. The van der Waals surface area contributed by atoms with Gasteiger partial charge in [-0.3, -0.25) is 4.79 Å². The molecule has 1 aromatic heterocycles. The highest BCUT2D eigenvalue weighted by Crippen LogP contribution is 2.34. The Bertz CT molecular complexity index is 8110. The topological polar surface area (TPSA) is 57.5 Å². The Morgan fingerprint density at radius 3 is 0.619 bits per heavy atom. The molecular formula is C16H11BBr2O3S91. The zero-order valence-corrected chi connectivity index (χ0v) is 126. The standard InChI is InChI=1S/C8H6BBrO2S.C8H5BrOS.S89/c10-6-1-2-7-5(3-6)4-8(13-7)9(11)12;9-6-1-2-7-5(3-6)4-8(10)11-7;1-3-5-7-9-11-13-15-17-19-21-23-25-27-29-31-33-35-37-39-41-43-45-47-49-51-53-55-57-59-61-63-65-67-69-71-73-75-77-79-81-83-85-87-89-88-86-84-82-80-78-76-74-72-70-68-66-64-62-60-58-56-54-52-50-48-46-44-42-40-38-36-34-32-30-28-26-24-22-20-18-16-14-12-10-8-6-4-2/h1-4,11-12H;1-3H,4H2;. The number of fused-ring (bicyclic) bond motifs is 2. The van der Waals surface area contributed by atoms with Crippen LogP contribution < -0.4 is 4.78 Å². The Balaban J connectivity index is 0.00000149. The molecule has 3 aromatic rings. The van der Waals surface area contributed by atoms with Crippen LogP contribution in [0.4, 0.5) is 0 Å². The van der Waals surface area contributed by atoms with E-state index in [0.717, 1.165) is 29.5 Å². The van der Waals surface area contributed by atoms with Crippen molar-refractivity contribution in [2.75, 3.05) is 0 Å². The first-order valence-corrected chi connectivity index (χ1v) is 142. The van der Waals surface area contributed by atoms with Crippen molar-refractivity contribution in [3.05, 3.63) is 57.0 Å². The lowest BCUT2D eigenvalue weighted by Crippen LogP contribution is -2.26. The fourth-order valence-electron chi connectivity index (χ4n) is 3.23. The summed E-state index contributed by atoms with van der Waals surface area (Å²) in [5.74, 6) is 0. The maximum Gasteiger partial charge on any atom is 0.499 e. The van der Waals surface area contributed by atoms with Crippen LogP contribution in [0.1, 0.15) is 5.56 Å². The van der Waals surface area contributed by atoms with Crippen molar-refractivity contribution >= 4 is 877 Å². The van der Waals surface area contributed by atoms with Crippen molar-refractivity contribution in [2.45, 2.75) is 11.3 Å². The summed E-state index contributed by atoms with van der Waals surface area (Å²) in [7, 11) is 156. The third kappa shape index (κ3) is 95.6. The molecule has 0 radical (unpaired) electrons. The van der Waals surface area contributed by atoms with Crippen LogP contribution in [0.15, 0.2) is 56.3 Å². The molecule has 0 spiro atoms. The zero-order valence-electron chi connectivity index (χ0n) is 48.5. The van der Waals surface area contributed by atoms with Gasteiger partial charge in [-0.25, -0.2) is 0 Å². The van der Waals surface area contributed by atoms with Crippen LogP contribution in [0.2, 0.25) is 0 Å². The van der Waals surface area contributed by atoms with Crippen molar-refractivity contribution in [2.24, 2.45) is 0 Å². The molecule has 97 heteroatoms. The van der Waals surface area contributed by atoms with Crippen LogP contribution in [-0.2, 0) is 806 Å². The summed E-state index contributed by atoms with van der Waals surface area (Å²) in [6, 6.07) is 13.6. The van der Waals surface area contributed by atoms with Gasteiger partial charge < -0.3 is 10.0 Å². The number of carbonyl (C=O) groups excluding carboxylic acids is 1. The van der Waals surface area contributed by atoms with E-state index in [0.29, 0.717) is 11.2 Å². The van der Waals surface area contributed by atoms with E-state index in [2.05, 4.69) is 31.9 Å². The number of benzene rings is 2. The summed E-state index contributed by atoms with van der Waals surface area (Å²) in [4.78, 5) is 12.1. The number of hydrogen-bond donors (Lipinski definition) is 2. The van der Waals surface area contributed by atoms with Crippen LogP contribution in [0, 0.1) is 0 Å². The van der Waals surface area contributed by atoms with Crippen LogP contribution >= 0.6 is 55.0 Å². The smallest absolute Gasteiger partial charge is 0.423 e. The predicted molar refractivity (Wildman–Crippen MR) is 764 cm³/mol. The van der Waals surface area contributed by atoms with Crippen LogP contribution in [0.5, 0.6) is 0 Å². The molecule has 2 N–H and O–H groups in total. The first kappa shape index (κ1) is 128. The van der Waals surface area contributed by atoms with E-state index < -0.39 is 7.12 Å². The minimum atomic E-state index is -1.36. The van der Waals surface area contributed by atoms with Crippen LogP contribution in [-0.4, -0.2) is 22.3 Å². The highest BCUT2D eigenvalue weighted by molar-refractivity contribution is 9.11. The number of hydrogen-bond acceptors (Lipinski definition) is 7. The zero-order chi connectivity index (χ0) is 80.8. The molecule has 4 rings (SSSR count). The summed E-state index contributed by atoms with van der Waals surface area (Å²) >= 11 is 19.1. The second-order valence-electron chi connectivity index (χ2n) is 11.0. The summed E-state index contributed by atoms with van der Waals surface area (Å²) < 4.78 is 3.68. The third-order valence-electron chi connectivity index (χ3n) is 5.72. The second-order valence-corrected chi connectivity index (χ2v) is 169. The van der Waals surface area contributed by atoms with Gasteiger partial charge in [-0.1, -0.05) is 43.6 Å². The van der Waals surface area contributed by atoms with Gasteiger partial charge in [0.1, 0.15) is 0 Å². The van der Waals surface area contributed by atoms with E-state index in [-0.39, 0.29) is 5.12 Å². The van der Waals surface area contributed by atoms with Gasteiger partial charge in [-0.05, 0) is 53.4 Å². The fraction of sp³-hybridized carbons (Fsp3) is 0.0625. The molecule has 0 fully saturated rings. The summed E-state index contributed by atoms with van der Waals surface area (Å²) in [6.45, 7) is 0. The van der Waals surface area contributed by atoms with Crippen molar-refractivity contribution in [3.63, 3.8) is 0 Å². The molecule has 2 aromatic carbocycles. The molecule has 656 valence electrons. The normalized spacial score (nSPS) is 8.90. The minimum Gasteiger partial charge on any atom is -0.423 e. The van der Waals surface area contributed by atoms with Crippen molar-refractivity contribution in [3.8, 4) is 0 Å². The van der Waals surface area contributed by atoms with Gasteiger partial charge in [-0.2, -0.15) is 0 Å². The summed E-state index contributed by atoms with van der Waals surface area (Å²) in [5, 5.41) is 19.2. The molecule has 0 saturated carbocycles. The van der Waals surface area contributed by atoms with E-state index >= 15 is 0 Å². The number of thioether (sulfide) groups is 1. The van der Waals surface area contributed by atoms with Gasteiger partial charge in [-0.15, -0.1) is 11.3 Å². The monoisotopic (exact) mass is 3330 g/mol. The van der Waals surface area contributed by atoms with Crippen LogP contribution in [0.3, 0.4) is 0 Å². The van der Waals surface area contributed by atoms with Gasteiger partial charge in [0, 0.05) is 825 Å². The first-order chi connectivity index (χ1) is 55.8. The lowest BCUT2D eigenvalue weighted by atomic mass is 9.89. The molecule has 2 heterocycles. The van der Waals surface area contributed by atoms with Gasteiger partial charge in [0.05, 0.1) is 0 Å². The molecule has 1 aliphatic rings. The fourth-order valence-corrected chi connectivity index (χ4v) is 239. The Kier molecular flexibility index (Phi) is 123. The molecule has 0 atom stereocenters. The quantitative estimate of drug-likeness (QED) is 0.363. The third-order valence-corrected chi connectivity index (χ3v) is 200. The molecule has 113 heavy (non-hydrogen) atoms. The van der Waals surface area contributed by atoms with E-state index in [9.17, 15) is 4.79 Å². The molecule has 3 nitrogen and oxygen atoms in total. The van der Waals surface area contributed by atoms with Gasteiger partial charge in [0.15, 0.2) is 5.12 Å². The number of thiophene rings is 1. The van der Waals surface area contributed by atoms with Crippen molar-refractivity contribution in [1.29, 1.82) is 0 Å². The SMILES string of the molecule is O=C1Cc2cc(Br)ccc2S1.OB(O)c1cc2cc(Br)ccc2s1.S=S=S=S=S=S=S=S=S=S=S=S=S=S=S=S=S=S=S=S=S=S=S=S=S=S=S=S=S=S=S=S=S=S=S=S=S=S=S=S=S=S=S=S=S=S=S=S=S=S=S=S=S=S=S=S=S=S=S=S=S=S=S=S=S=S=S=S=S=S=S=S=S=S=S=S=S=S=S=S=S=S=S=S=S=S=S=S=S. The van der Waals surface area contributed by atoms with Gasteiger partial charge in [0.2, 0.25) is 0 Å². The molecule has 0 amide bonds. The van der Waals surface area contributed by atoms with E-state index in [1.165, 1.54) is 40.9 Å². The molecule has 1 aliphatic heterocycles. The Morgan fingerprint density at radius 2 is 0.434 bits per heavy atom. The Hall–Kier alpha value is 18.9. The number of halogens is 2. The first-order valence-electron chi connectivity index (χ1n) is 21.6. The molecule has 0 aliphatic carbocycles. The molecule has 0 saturated heterocycles. The van der Waals surface area contributed by atoms with Crippen molar-refractivity contribution < 1.29 is 14.8 Å². The number of rotatable bonds is 1. The van der Waals surface area contributed by atoms with E-state index in [4.69, 9.17) is 32.4 Å². The lowest BCUT2D eigenvalue weighted by Gasteiger charge is -1.94. The van der Waals surface area contributed by atoms with Crippen LogP contribution in [0.25, 0.3) is 10.1 Å². The second kappa shape index (κ2) is 108. The molecule has 0 bridgehead atoms. The highest BCUT2D eigenvalue weighted by atomic mass is 79.9.